The maximum Gasteiger partial charge on any atom is 0.252 e. The Morgan fingerprint density at radius 2 is 2.28 bits per heavy atom. The van der Waals surface area contributed by atoms with Gasteiger partial charge in [-0.1, -0.05) is 0 Å². The molecule has 0 aliphatic carbocycles. The molecule has 6 heteroatoms. The van der Waals surface area contributed by atoms with Crippen molar-refractivity contribution in [1.82, 2.24) is 20.1 Å². The zero-order valence-electron chi connectivity index (χ0n) is 9.93. The molecule has 0 saturated heterocycles. The number of hydrogen-bond acceptors (Lipinski definition) is 3. The second-order valence-corrected chi connectivity index (χ2v) is 4.72. The fourth-order valence-corrected chi connectivity index (χ4v) is 1.72. The maximum atomic E-state index is 11.8. The number of rotatable bonds is 4. The minimum atomic E-state index is -0.126. The summed E-state index contributed by atoms with van der Waals surface area (Å²) < 4.78 is 2.51. The van der Waals surface area contributed by atoms with E-state index < -0.39 is 0 Å². The van der Waals surface area contributed by atoms with Gasteiger partial charge in [0.1, 0.15) is 4.60 Å². The SMILES string of the molecule is Cc1cnn(CCNC(=O)c2ccc(Br)nc2)c1. The monoisotopic (exact) mass is 308 g/mol. The van der Waals surface area contributed by atoms with Crippen LogP contribution in [0.3, 0.4) is 0 Å². The summed E-state index contributed by atoms with van der Waals surface area (Å²) in [5.74, 6) is -0.126. The van der Waals surface area contributed by atoms with Gasteiger partial charge in [-0.3, -0.25) is 9.48 Å². The van der Waals surface area contributed by atoms with Crippen LogP contribution in [0.1, 0.15) is 15.9 Å². The van der Waals surface area contributed by atoms with E-state index in [1.54, 1.807) is 23.0 Å². The van der Waals surface area contributed by atoms with Crippen molar-refractivity contribution in [2.45, 2.75) is 13.5 Å². The Hall–Kier alpha value is -1.69. The van der Waals surface area contributed by atoms with Gasteiger partial charge in [0.05, 0.1) is 18.3 Å². The van der Waals surface area contributed by atoms with Gasteiger partial charge >= 0.3 is 0 Å². The van der Waals surface area contributed by atoms with Crippen molar-refractivity contribution in [2.24, 2.45) is 0 Å². The van der Waals surface area contributed by atoms with Gasteiger partial charge in [-0.05, 0) is 40.5 Å². The third-order valence-electron chi connectivity index (χ3n) is 2.38. The molecule has 1 N–H and O–H groups in total. The molecule has 2 aromatic rings. The van der Waals surface area contributed by atoms with E-state index in [1.807, 2.05) is 13.1 Å². The Morgan fingerprint density at radius 3 is 2.89 bits per heavy atom. The average molecular weight is 309 g/mol. The molecule has 0 aliphatic heterocycles. The molecule has 0 aromatic carbocycles. The zero-order chi connectivity index (χ0) is 13.0. The molecule has 18 heavy (non-hydrogen) atoms. The molecule has 0 spiro atoms. The van der Waals surface area contributed by atoms with Gasteiger partial charge in [-0.15, -0.1) is 0 Å². The first-order chi connectivity index (χ1) is 8.65. The van der Waals surface area contributed by atoms with Crippen molar-refractivity contribution in [3.63, 3.8) is 0 Å². The highest BCUT2D eigenvalue weighted by molar-refractivity contribution is 9.10. The largest absolute Gasteiger partial charge is 0.350 e. The molecule has 2 aromatic heterocycles. The Balaban J connectivity index is 1.83. The van der Waals surface area contributed by atoms with Gasteiger partial charge in [0.25, 0.3) is 5.91 Å². The number of pyridine rings is 1. The molecule has 0 bridgehead atoms. The van der Waals surface area contributed by atoms with Crippen molar-refractivity contribution in [3.8, 4) is 0 Å². The summed E-state index contributed by atoms with van der Waals surface area (Å²) in [4.78, 5) is 15.8. The first-order valence-corrected chi connectivity index (χ1v) is 6.33. The van der Waals surface area contributed by atoms with Crippen LogP contribution in [0.5, 0.6) is 0 Å². The van der Waals surface area contributed by atoms with Crippen LogP contribution < -0.4 is 5.32 Å². The first-order valence-electron chi connectivity index (χ1n) is 5.54. The minimum Gasteiger partial charge on any atom is -0.350 e. The van der Waals surface area contributed by atoms with Crippen molar-refractivity contribution in [1.29, 1.82) is 0 Å². The van der Waals surface area contributed by atoms with Crippen LogP contribution in [0.4, 0.5) is 0 Å². The van der Waals surface area contributed by atoms with E-state index in [4.69, 9.17) is 0 Å². The van der Waals surface area contributed by atoms with Crippen molar-refractivity contribution in [3.05, 3.63) is 46.5 Å². The predicted octanol–water partition coefficient (Wildman–Crippen LogP) is 1.78. The van der Waals surface area contributed by atoms with Gasteiger partial charge in [-0.25, -0.2) is 4.98 Å². The summed E-state index contributed by atoms with van der Waals surface area (Å²) in [5, 5.41) is 6.96. The summed E-state index contributed by atoms with van der Waals surface area (Å²) in [6, 6.07) is 3.47. The Morgan fingerprint density at radius 1 is 1.44 bits per heavy atom. The molecule has 0 unspecified atom stereocenters. The number of aromatic nitrogens is 3. The fraction of sp³-hybridized carbons (Fsp3) is 0.250. The molecule has 0 aliphatic rings. The fourth-order valence-electron chi connectivity index (χ4n) is 1.49. The molecular formula is C12H13BrN4O. The van der Waals surface area contributed by atoms with Crippen LogP contribution >= 0.6 is 15.9 Å². The molecule has 2 heterocycles. The van der Waals surface area contributed by atoms with Crippen molar-refractivity contribution in [2.75, 3.05) is 6.54 Å². The lowest BCUT2D eigenvalue weighted by Gasteiger charge is -2.05. The lowest BCUT2D eigenvalue weighted by molar-refractivity contribution is 0.0951. The Kier molecular flexibility index (Phi) is 4.09. The van der Waals surface area contributed by atoms with Gasteiger partial charge in [0.2, 0.25) is 0 Å². The molecule has 1 amide bonds. The number of carbonyl (C=O) groups is 1. The highest BCUT2D eigenvalue weighted by Gasteiger charge is 2.05. The van der Waals surface area contributed by atoms with Crippen LogP contribution in [0.2, 0.25) is 0 Å². The lowest BCUT2D eigenvalue weighted by atomic mass is 10.3. The molecule has 2 rings (SSSR count). The number of halogens is 1. The summed E-state index contributed by atoms with van der Waals surface area (Å²) in [6.45, 7) is 3.18. The Bertz CT molecular complexity index is 535. The van der Waals surface area contributed by atoms with E-state index in [9.17, 15) is 4.79 Å². The predicted molar refractivity (Wildman–Crippen MR) is 71.2 cm³/mol. The van der Waals surface area contributed by atoms with Gasteiger partial charge < -0.3 is 5.32 Å². The average Bonchev–Trinajstić information content (AvgIpc) is 2.76. The standard InChI is InChI=1S/C12H13BrN4O/c1-9-6-16-17(8-9)5-4-14-12(18)10-2-3-11(13)15-7-10/h2-3,6-8H,4-5H2,1H3,(H,14,18). The summed E-state index contributed by atoms with van der Waals surface area (Å²) in [5.41, 5.74) is 1.66. The first kappa shape index (κ1) is 12.8. The second-order valence-electron chi connectivity index (χ2n) is 3.91. The number of nitrogens with one attached hydrogen (secondary N) is 1. The van der Waals surface area contributed by atoms with E-state index in [0.29, 0.717) is 23.3 Å². The zero-order valence-corrected chi connectivity index (χ0v) is 11.5. The molecule has 0 saturated carbocycles. The highest BCUT2D eigenvalue weighted by Crippen LogP contribution is 2.05. The molecule has 0 fully saturated rings. The molecule has 0 radical (unpaired) electrons. The number of amides is 1. The van der Waals surface area contributed by atoms with Gasteiger partial charge in [0, 0.05) is 18.9 Å². The van der Waals surface area contributed by atoms with Gasteiger partial charge in [0.15, 0.2) is 0 Å². The molecule has 94 valence electrons. The Labute approximate surface area is 113 Å². The molecular weight excluding hydrogens is 296 g/mol. The quantitative estimate of drug-likeness (QED) is 0.876. The summed E-state index contributed by atoms with van der Waals surface area (Å²) in [7, 11) is 0. The van der Waals surface area contributed by atoms with Crippen LogP contribution in [-0.4, -0.2) is 27.2 Å². The van der Waals surface area contributed by atoms with E-state index in [0.717, 1.165) is 5.56 Å². The van der Waals surface area contributed by atoms with E-state index >= 15 is 0 Å². The van der Waals surface area contributed by atoms with E-state index in [-0.39, 0.29) is 5.91 Å². The topological polar surface area (TPSA) is 59.8 Å². The summed E-state index contributed by atoms with van der Waals surface area (Å²) in [6.07, 6.45) is 5.27. The van der Waals surface area contributed by atoms with Crippen LogP contribution in [0.25, 0.3) is 0 Å². The highest BCUT2D eigenvalue weighted by atomic mass is 79.9. The van der Waals surface area contributed by atoms with Crippen LogP contribution in [-0.2, 0) is 6.54 Å². The smallest absolute Gasteiger partial charge is 0.252 e. The normalized spacial score (nSPS) is 10.3. The van der Waals surface area contributed by atoms with Crippen molar-refractivity contribution < 1.29 is 4.79 Å². The molecule has 5 nitrogen and oxygen atoms in total. The van der Waals surface area contributed by atoms with Crippen LogP contribution in [0, 0.1) is 6.92 Å². The summed E-state index contributed by atoms with van der Waals surface area (Å²) >= 11 is 3.23. The number of aryl methyl sites for hydroxylation is 1. The third-order valence-corrected chi connectivity index (χ3v) is 2.85. The van der Waals surface area contributed by atoms with Gasteiger partial charge in [-0.2, -0.15) is 5.10 Å². The number of nitrogens with zero attached hydrogens (tertiary/aromatic N) is 3. The number of hydrogen-bond donors (Lipinski definition) is 1. The lowest BCUT2D eigenvalue weighted by Crippen LogP contribution is -2.27. The van der Waals surface area contributed by atoms with Crippen LogP contribution in [0.15, 0.2) is 35.3 Å². The second kappa shape index (κ2) is 5.77. The van der Waals surface area contributed by atoms with E-state index in [2.05, 4.69) is 31.3 Å². The number of carbonyl (C=O) groups excluding carboxylic acids is 1. The third kappa shape index (κ3) is 3.40. The maximum absolute atomic E-state index is 11.8. The van der Waals surface area contributed by atoms with E-state index in [1.165, 1.54) is 6.20 Å². The molecule has 0 atom stereocenters. The minimum absolute atomic E-state index is 0.126. The van der Waals surface area contributed by atoms with Crippen molar-refractivity contribution >= 4 is 21.8 Å².